The zero-order valence-corrected chi connectivity index (χ0v) is 12.7. The fraction of sp³-hybridized carbons (Fsp3) is 0.625. The van der Waals surface area contributed by atoms with Gasteiger partial charge in [-0.1, -0.05) is 43.9 Å². The van der Waals surface area contributed by atoms with Crippen LogP contribution in [-0.4, -0.2) is 13.2 Å². The molecule has 1 N–H and O–H groups in total. The number of hydrogen-bond donors (Lipinski definition) is 1. The Kier molecular flexibility index (Phi) is 5.53. The summed E-state index contributed by atoms with van der Waals surface area (Å²) >= 11 is 6.14. The number of benzene rings is 1. The third-order valence-corrected chi connectivity index (χ3v) is 4.47. The lowest BCUT2D eigenvalue weighted by Gasteiger charge is -2.29. The quantitative estimate of drug-likeness (QED) is 0.863. The summed E-state index contributed by atoms with van der Waals surface area (Å²) in [7, 11) is 1.64. The molecule has 0 heterocycles. The van der Waals surface area contributed by atoms with Gasteiger partial charge in [0.05, 0.1) is 12.1 Å². The standard InChI is InChI=1S/C16H24ClNO/c1-3-12-5-4-6-14(9-12)18-11-13-7-8-16(19-2)15(17)10-13/h7-8,10,12,14,18H,3-6,9,11H2,1-2H3. The van der Waals surface area contributed by atoms with Crippen molar-refractivity contribution in [3.05, 3.63) is 28.8 Å². The molecule has 1 aliphatic carbocycles. The van der Waals surface area contributed by atoms with Crippen LogP contribution in [0.3, 0.4) is 0 Å². The van der Waals surface area contributed by atoms with E-state index in [2.05, 4.69) is 18.3 Å². The Morgan fingerprint density at radius 2 is 2.21 bits per heavy atom. The molecule has 19 heavy (non-hydrogen) atoms. The van der Waals surface area contributed by atoms with Crippen LogP contribution < -0.4 is 10.1 Å². The minimum Gasteiger partial charge on any atom is -0.495 e. The Morgan fingerprint density at radius 3 is 2.89 bits per heavy atom. The van der Waals surface area contributed by atoms with Crippen LogP contribution in [0.2, 0.25) is 5.02 Å². The van der Waals surface area contributed by atoms with Crippen LogP contribution in [0, 0.1) is 5.92 Å². The monoisotopic (exact) mass is 281 g/mol. The lowest BCUT2D eigenvalue weighted by Crippen LogP contribution is -2.33. The van der Waals surface area contributed by atoms with Crippen LogP contribution in [0.25, 0.3) is 0 Å². The molecule has 106 valence electrons. The topological polar surface area (TPSA) is 21.3 Å². The molecule has 2 rings (SSSR count). The van der Waals surface area contributed by atoms with E-state index in [-0.39, 0.29) is 0 Å². The number of nitrogens with one attached hydrogen (secondary N) is 1. The van der Waals surface area contributed by atoms with Crippen molar-refractivity contribution >= 4 is 11.6 Å². The smallest absolute Gasteiger partial charge is 0.137 e. The summed E-state index contributed by atoms with van der Waals surface area (Å²) in [5, 5.41) is 4.36. The van der Waals surface area contributed by atoms with Crippen LogP contribution >= 0.6 is 11.6 Å². The predicted molar refractivity (Wildman–Crippen MR) is 80.9 cm³/mol. The lowest BCUT2D eigenvalue weighted by atomic mass is 9.84. The minimum absolute atomic E-state index is 0.666. The first kappa shape index (κ1) is 14.7. The average Bonchev–Trinajstić information content (AvgIpc) is 2.45. The minimum atomic E-state index is 0.666. The Hall–Kier alpha value is -0.730. The summed E-state index contributed by atoms with van der Waals surface area (Å²) in [4.78, 5) is 0. The Morgan fingerprint density at radius 1 is 1.37 bits per heavy atom. The molecule has 0 saturated heterocycles. The van der Waals surface area contributed by atoms with Gasteiger partial charge in [-0.15, -0.1) is 0 Å². The van der Waals surface area contributed by atoms with Gasteiger partial charge in [-0.3, -0.25) is 0 Å². The second-order valence-electron chi connectivity index (χ2n) is 5.49. The van der Waals surface area contributed by atoms with Crippen molar-refractivity contribution in [2.24, 2.45) is 5.92 Å². The molecule has 0 spiro atoms. The van der Waals surface area contributed by atoms with Crippen molar-refractivity contribution in [3.8, 4) is 5.75 Å². The van der Waals surface area contributed by atoms with Crippen molar-refractivity contribution in [1.82, 2.24) is 5.32 Å². The second-order valence-corrected chi connectivity index (χ2v) is 5.89. The van der Waals surface area contributed by atoms with Gasteiger partial charge < -0.3 is 10.1 Å². The van der Waals surface area contributed by atoms with Gasteiger partial charge in [-0.25, -0.2) is 0 Å². The van der Waals surface area contributed by atoms with Crippen LogP contribution in [0.1, 0.15) is 44.6 Å². The van der Waals surface area contributed by atoms with Gasteiger partial charge >= 0.3 is 0 Å². The fourth-order valence-electron chi connectivity index (χ4n) is 2.93. The van der Waals surface area contributed by atoms with Crippen molar-refractivity contribution in [2.75, 3.05) is 7.11 Å². The Labute approximate surface area is 121 Å². The van der Waals surface area contributed by atoms with Crippen molar-refractivity contribution in [3.63, 3.8) is 0 Å². The largest absolute Gasteiger partial charge is 0.495 e. The van der Waals surface area contributed by atoms with E-state index in [0.29, 0.717) is 11.1 Å². The van der Waals surface area contributed by atoms with E-state index in [1.54, 1.807) is 7.11 Å². The highest BCUT2D eigenvalue weighted by Crippen LogP contribution is 2.28. The molecule has 1 aromatic carbocycles. The number of methoxy groups -OCH3 is 1. The van der Waals surface area contributed by atoms with Gasteiger partial charge in [-0.05, 0) is 36.5 Å². The maximum atomic E-state index is 6.14. The van der Waals surface area contributed by atoms with Crippen molar-refractivity contribution in [2.45, 2.75) is 51.6 Å². The maximum Gasteiger partial charge on any atom is 0.137 e. The number of halogens is 1. The molecule has 0 amide bonds. The fourth-order valence-corrected chi connectivity index (χ4v) is 3.21. The van der Waals surface area contributed by atoms with Gasteiger partial charge in [0.2, 0.25) is 0 Å². The zero-order valence-electron chi connectivity index (χ0n) is 11.9. The number of hydrogen-bond acceptors (Lipinski definition) is 2. The van der Waals surface area contributed by atoms with E-state index < -0.39 is 0 Å². The lowest BCUT2D eigenvalue weighted by molar-refractivity contribution is 0.278. The molecular weight excluding hydrogens is 258 g/mol. The first-order valence-corrected chi connectivity index (χ1v) is 7.66. The molecule has 2 nitrogen and oxygen atoms in total. The van der Waals surface area contributed by atoms with Crippen LogP contribution in [-0.2, 0) is 6.54 Å². The summed E-state index contributed by atoms with van der Waals surface area (Å²) in [5.41, 5.74) is 1.23. The zero-order chi connectivity index (χ0) is 13.7. The highest BCUT2D eigenvalue weighted by Gasteiger charge is 2.20. The normalized spacial score (nSPS) is 23.3. The summed E-state index contributed by atoms with van der Waals surface area (Å²) < 4.78 is 5.17. The van der Waals surface area contributed by atoms with E-state index in [1.165, 1.54) is 37.7 Å². The van der Waals surface area contributed by atoms with Gasteiger partial charge in [0.1, 0.15) is 5.75 Å². The third-order valence-electron chi connectivity index (χ3n) is 4.17. The maximum absolute atomic E-state index is 6.14. The van der Waals surface area contributed by atoms with E-state index in [0.717, 1.165) is 18.2 Å². The molecule has 0 aromatic heterocycles. The molecule has 2 unspecified atom stereocenters. The molecule has 1 aromatic rings. The van der Waals surface area contributed by atoms with Crippen LogP contribution in [0.4, 0.5) is 0 Å². The first-order valence-electron chi connectivity index (χ1n) is 7.28. The van der Waals surface area contributed by atoms with Crippen molar-refractivity contribution in [1.29, 1.82) is 0 Å². The average molecular weight is 282 g/mol. The Balaban J connectivity index is 1.86. The second kappa shape index (κ2) is 7.16. The molecule has 0 radical (unpaired) electrons. The molecule has 1 saturated carbocycles. The summed E-state index contributed by atoms with van der Waals surface area (Å²) in [6.07, 6.45) is 6.70. The summed E-state index contributed by atoms with van der Waals surface area (Å²) in [6.45, 7) is 3.20. The molecular formula is C16H24ClNO. The molecule has 0 bridgehead atoms. The van der Waals surface area contributed by atoms with Gasteiger partial charge in [0.15, 0.2) is 0 Å². The molecule has 3 heteroatoms. The molecule has 2 atom stereocenters. The van der Waals surface area contributed by atoms with Crippen molar-refractivity contribution < 1.29 is 4.74 Å². The van der Waals surface area contributed by atoms with Gasteiger partial charge in [0.25, 0.3) is 0 Å². The highest BCUT2D eigenvalue weighted by molar-refractivity contribution is 6.32. The SMILES string of the molecule is CCC1CCCC(NCc2ccc(OC)c(Cl)c2)C1. The van der Waals surface area contributed by atoms with E-state index in [1.807, 2.05) is 12.1 Å². The number of rotatable bonds is 5. The Bertz CT molecular complexity index is 408. The van der Waals surface area contributed by atoms with E-state index in [4.69, 9.17) is 16.3 Å². The van der Waals surface area contributed by atoms with E-state index in [9.17, 15) is 0 Å². The van der Waals surface area contributed by atoms with E-state index >= 15 is 0 Å². The molecule has 0 aliphatic heterocycles. The molecule has 1 aliphatic rings. The first-order chi connectivity index (χ1) is 9.22. The summed E-state index contributed by atoms with van der Waals surface area (Å²) in [5.74, 6) is 1.65. The van der Waals surface area contributed by atoms with Crippen LogP contribution in [0.15, 0.2) is 18.2 Å². The predicted octanol–water partition coefficient (Wildman–Crippen LogP) is 4.41. The van der Waals surface area contributed by atoms with Gasteiger partial charge in [0, 0.05) is 12.6 Å². The van der Waals surface area contributed by atoms with Crippen LogP contribution in [0.5, 0.6) is 5.75 Å². The molecule has 1 fully saturated rings. The van der Waals surface area contributed by atoms with Gasteiger partial charge in [-0.2, -0.15) is 0 Å². The summed E-state index contributed by atoms with van der Waals surface area (Å²) in [6, 6.07) is 6.68. The number of ether oxygens (including phenoxy) is 1. The highest BCUT2D eigenvalue weighted by atomic mass is 35.5. The third kappa shape index (κ3) is 4.12.